The second kappa shape index (κ2) is 19.1. The smallest absolute Gasteiger partial charge is 0.119 e. The molecule has 0 spiro atoms. The zero-order valence-electron chi connectivity index (χ0n) is 20.8. The number of ether oxygens (including phenoxy) is 1. The van der Waals surface area contributed by atoms with Crippen molar-refractivity contribution in [2.24, 2.45) is 5.92 Å². The monoisotopic (exact) mass is 463 g/mol. The zero-order valence-corrected chi connectivity index (χ0v) is 20.8. The molecule has 0 saturated carbocycles. The molecule has 0 aliphatic heterocycles. The summed E-state index contributed by atoms with van der Waals surface area (Å²) in [5.74, 6) is 33.4. The molecule has 1 atom stereocenters. The Hall–Kier alpha value is -5.35. The van der Waals surface area contributed by atoms with Gasteiger partial charge in [-0.25, -0.2) is 0 Å². The van der Waals surface area contributed by atoms with Crippen LogP contribution in [0.15, 0.2) is 48.5 Å². The fourth-order valence-corrected chi connectivity index (χ4v) is 2.68. The van der Waals surface area contributed by atoms with Gasteiger partial charge in [-0.15, -0.1) is 6.42 Å². The van der Waals surface area contributed by atoms with Crippen molar-refractivity contribution in [3.63, 3.8) is 0 Å². The van der Waals surface area contributed by atoms with Crippen LogP contribution in [-0.2, 0) is 0 Å². The number of benzene rings is 2. The van der Waals surface area contributed by atoms with Crippen LogP contribution < -0.4 is 4.74 Å². The van der Waals surface area contributed by atoms with Crippen LogP contribution in [0.5, 0.6) is 5.75 Å². The van der Waals surface area contributed by atoms with Crippen LogP contribution in [0.2, 0.25) is 0 Å². The van der Waals surface area contributed by atoms with E-state index in [0.717, 1.165) is 23.5 Å². The van der Waals surface area contributed by atoms with Crippen LogP contribution in [0.25, 0.3) is 11.1 Å². The second-order valence-corrected chi connectivity index (χ2v) is 7.19. The Balaban J connectivity index is 0.000000384. The first-order valence-electron chi connectivity index (χ1n) is 11.2. The van der Waals surface area contributed by atoms with Gasteiger partial charge < -0.3 is 4.74 Å². The molecule has 0 N–H and O–H groups in total. The van der Waals surface area contributed by atoms with E-state index >= 15 is 0 Å². The largest absolute Gasteiger partial charge is 0.493 e. The molecule has 172 valence electrons. The summed E-state index contributed by atoms with van der Waals surface area (Å²) >= 11 is 0. The van der Waals surface area contributed by atoms with E-state index in [1.807, 2.05) is 36.4 Å². The van der Waals surface area contributed by atoms with Crippen molar-refractivity contribution in [3.8, 4) is 106 Å². The van der Waals surface area contributed by atoms with E-state index in [0.29, 0.717) is 11.5 Å². The first-order chi connectivity index (χ1) is 17.6. The van der Waals surface area contributed by atoms with Crippen LogP contribution in [0.4, 0.5) is 0 Å². The third-order valence-corrected chi connectivity index (χ3v) is 4.34. The molecule has 1 unspecified atom stereocenters. The van der Waals surface area contributed by atoms with Gasteiger partial charge in [-0.05, 0) is 126 Å². The van der Waals surface area contributed by atoms with Crippen LogP contribution in [-0.4, -0.2) is 6.61 Å². The van der Waals surface area contributed by atoms with Crippen molar-refractivity contribution in [2.45, 2.75) is 33.6 Å². The van der Waals surface area contributed by atoms with Gasteiger partial charge in [-0.2, -0.15) is 5.26 Å². The maximum absolute atomic E-state index is 8.81. The minimum absolute atomic E-state index is 0.591. The summed E-state index contributed by atoms with van der Waals surface area (Å²) in [7, 11) is 0. The number of terminal acetylenes is 1. The van der Waals surface area contributed by atoms with E-state index in [4.69, 9.17) is 16.4 Å². The van der Waals surface area contributed by atoms with E-state index < -0.39 is 0 Å². The molecule has 2 aromatic carbocycles. The molecule has 0 heterocycles. The number of hydrogen-bond acceptors (Lipinski definition) is 2. The molecule has 2 heteroatoms. The second-order valence-electron chi connectivity index (χ2n) is 7.19. The molecule has 0 bridgehead atoms. The summed E-state index contributed by atoms with van der Waals surface area (Å²) in [5, 5.41) is 8.81. The van der Waals surface area contributed by atoms with E-state index in [-0.39, 0.29) is 0 Å². The van der Waals surface area contributed by atoms with E-state index in [1.54, 1.807) is 6.92 Å². The van der Waals surface area contributed by atoms with Gasteiger partial charge >= 0.3 is 0 Å². The SMILES string of the molecule is C#CC#CC#CC#CC#CC#CC#CC.CCCC(C)COc1ccc(-c2ccc(C#N)cc2)cc1. The summed E-state index contributed by atoms with van der Waals surface area (Å²) < 4.78 is 5.80. The Morgan fingerprint density at radius 2 is 1.22 bits per heavy atom. The molecule has 0 aromatic heterocycles. The summed E-state index contributed by atoms with van der Waals surface area (Å²) in [4.78, 5) is 0. The van der Waals surface area contributed by atoms with Gasteiger partial charge in [0.1, 0.15) is 5.75 Å². The maximum atomic E-state index is 8.81. The van der Waals surface area contributed by atoms with Gasteiger partial charge in [0.25, 0.3) is 0 Å². The van der Waals surface area contributed by atoms with E-state index in [2.05, 4.69) is 109 Å². The summed E-state index contributed by atoms with van der Waals surface area (Å²) in [6.07, 6.45) is 7.27. The Kier molecular flexibility index (Phi) is 15.3. The predicted molar refractivity (Wildman–Crippen MR) is 147 cm³/mol. The van der Waals surface area contributed by atoms with E-state index in [9.17, 15) is 0 Å². The Labute approximate surface area is 216 Å². The zero-order chi connectivity index (χ0) is 26.3. The minimum atomic E-state index is 0.591. The van der Waals surface area contributed by atoms with Crippen LogP contribution in [0, 0.1) is 101 Å². The topological polar surface area (TPSA) is 33.0 Å². The van der Waals surface area contributed by atoms with Crippen molar-refractivity contribution in [1.82, 2.24) is 0 Å². The molecule has 0 fully saturated rings. The highest BCUT2D eigenvalue weighted by atomic mass is 16.5. The molecule has 0 aliphatic rings. The van der Waals surface area contributed by atoms with Gasteiger partial charge in [0, 0.05) is 0 Å². The fourth-order valence-electron chi connectivity index (χ4n) is 2.68. The number of rotatable bonds is 6. The van der Waals surface area contributed by atoms with Crippen molar-refractivity contribution in [2.75, 3.05) is 6.61 Å². The molecule has 0 aliphatic carbocycles. The van der Waals surface area contributed by atoms with Crippen LogP contribution >= 0.6 is 0 Å². The summed E-state index contributed by atoms with van der Waals surface area (Å²) in [6, 6.07) is 17.9. The molecule has 0 saturated heterocycles. The van der Waals surface area contributed by atoms with E-state index in [1.165, 1.54) is 12.8 Å². The molecular formula is C34H25NO. The van der Waals surface area contributed by atoms with Gasteiger partial charge in [0.05, 0.1) is 18.2 Å². The standard InChI is InChI=1S/C19H21NO.C15H4/c1-3-4-15(2)14-21-19-11-9-18(10-12-19)17-7-5-16(13-20)6-8-17;1-3-5-7-9-11-13-15-14-12-10-8-6-4-2/h5-12,15H,3-4,14H2,1-2H3;1H,2H3. The average Bonchev–Trinajstić information content (AvgIpc) is 2.91. The van der Waals surface area contributed by atoms with Gasteiger partial charge in [0.15, 0.2) is 0 Å². The lowest BCUT2D eigenvalue weighted by Crippen LogP contribution is -2.07. The average molecular weight is 464 g/mol. The molecule has 0 radical (unpaired) electrons. The lowest BCUT2D eigenvalue weighted by atomic mass is 10.0. The number of hydrogen-bond donors (Lipinski definition) is 0. The lowest BCUT2D eigenvalue weighted by molar-refractivity contribution is 0.251. The molecular weight excluding hydrogens is 438 g/mol. The third kappa shape index (κ3) is 13.3. The highest BCUT2D eigenvalue weighted by molar-refractivity contribution is 5.65. The summed E-state index contributed by atoms with van der Waals surface area (Å²) in [5.41, 5.74) is 2.93. The van der Waals surface area contributed by atoms with Crippen LogP contribution in [0.3, 0.4) is 0 Å². The normalized spacial score (nSPS) is 8.36. The van der Waals surface area contributed by atoms with Crippen molar-refractivity contribution in [1.29, 1.82) is 5.26 Å². The minimum Gasteiger partial charge on any atom is -0.493 e. The first kappa shape index (κ1) is 28.7. The van der Waals surface area contributed by atoms with Gasteiger partial charge in [0.2, 0.25) is 0 Å². The first-order valence-corrected chi connectivity index (χ1v) is 11.2. The van der Waals surface area contributed by atoms with Crippen molar-refractivity contribution in [3.05, 3.63) is 54.1 Å². The third-order valence-electron chi connectivity index (χ3n) is 4.34. The fraction of sp³-hybridized carbons (Fsp3) is 0.206. The Morgan fingerprint density at radius 1 is 0.750 bits per heavy atom. The summed E-state index contributed by atoms with van der Waals surface area (Å²) in [6.45, 7) is 6.89. The highest BCUT2D eigenvalue weighted by Crippen LogP contribution is 2.23. The lowest BCUT2D eigenvalue weighted by Gasteiger charge is -2.12. The quantitative estimate of drug-likeness (QED) is 0.515. The molecule has 2 aromatic rings. The van der Waals surface area contributed by atoms with Gasteiger partial charge in [-0.1, -0.05) is 50.5 Å². The number of nitriles is 1. The Bertz CT molecular complexity index is 1440. The Morgan fingerprint density at radius 3 is 1.67 bits per heavy atom. The van der Waals surface area contributed by atoms with Crippen molar-refractivity contribution < 1.29 is 4.74 Å². The molecule has 36 heavy (non-hydrogen) atoms. The molecule has 0 amide bonds. The molecule has 2 nitrogen and oxygen atoms in total. The predicted octanol–water partition coefficient (Wildman–Crippen LogP) is 5.70. The van der Waals surface area contributed by atoms with Gasteiger partial charge in [-0.3, -0.25) is 0 Å². The van der Waals surface area contributed by atoms with Crippen molar-refractivity contribution >= 4 is 0 Å². The highest BCUT2D eigenvalue weighted by Gasteiger charge is 2.03. The van der Waals surface area contributed by atoms with Crippen LogP contribution in [0.1, 0.15) is 39.2 Å². The number of nitrogens with zero attached hydrogens (tertiary/aromatic N) is 1. The maximum Gasteiger partial charge on any atom is 0.119 e. The molecule has 2 rings (SSSR count).